The first-order chi connectivity index (χ1) is 7.47. The molecule has 0 fully saturated rings. The van der Waals surface area contributed by atoms with Crippen LogP contribution in [0.3, 0.4) is 0 Å². The number of nitrogens with zero attached hydrogens (tertiary/aromatic N) is 2. The predicted octanol–water partition coefficient (Wildman–Crippen LogP) is 2.13. The maximum Gasteiger partial charge on any atom is 0.441 e. The van der Waals surface area contributed by atoms with Gasteiger partial charge in [0.15, 0.2) is 0 Å². The maximum atomic E-state index is 11.8. The monoisotopic (exact) mass is 251 g/mol. The van der Waals surface area contributed by atoms with Crippen molar-refractivity contribution in [3.63, 3.8) is 0 Å². The maximum absolute atomic E-state index is 11.8. The van der Waals surface area contributed by atoms with Gasteiger partial charge in [-0.05, 0) is 24.8 Å². The Kier molecular flexibility index (Phi) is 5.01. The number of rotatable bonds is 5. The first kappa shape index (κ1) is 13.2. The summed E-state index contributed by atoms with van der Waals surface area (Å²) in [5, 5.41) is 2.89. The topological polar surface area (TPSA) is 37.8 Å². The zero-order valence-electron chi connectivity index (χ0n) is 8.71. The molecule has 0 saturated carbocycles. The lowest BCUT2D eigenvalue weighted by atomic mass is 10.4. The fraction of sp³-hybridized carbons (Fsp3) is 0.556. The molecule has 0 unspecified atom stereocenters. The summed E-state index contributed by atoms with van der Waals surface area (Å²) in [7, 11) is 0. The molecule has 1 heterocycles. The third-order valence-corrected chi connectivity index (χ3v) is 2.42. The van der Waals surface area contributed by atoms with E-state index in [0.717, 1.165) is 5.69 Å². The molecule has 7 heteroatoms. The minimum Gasteiger partial charge on any atom is -0.310 e. The Labute approximate surface area is 95.9 Å². The zero-order valence-corrected chi connectivity index (χ0v) is 9.53. The largest absolute Gasteiger partial charge is 0.441 e. The van der Waals surface area contributed by atoms with E-state index < -0.39 is 5.51 Å². The molecule has 0 atom stereocenters. The molecule has 0 spiro atoms. The molecule has 0 aliphatic heterocycles. The molecular formula is C9H12F3N3S. The van der Waals surface area contributed by atoms with E-state index in [1.54, 1.807) is 19.2 Å². The normalized spacial score (nSPS) is 11.8. The highest BCUT2D eigenvalue weighted by atomic mass is 32.2. The molecule has 1 rings (SSSR count). The Bertz CT molecular complexity index is 330. The van der Waals surface area contributed by atoms with Crippen molar-refractivity contribution in [2.45, 2.75) is 19.0 Å². The van der Waals surface area contributed by atoms with Gasteiger partial charge in [-0.25, -0.2) is 9.97 Å². The smallest absolute Gasteiger partial charge is 0.310 e. The van der Waals surface area contributed by atoms with Gasteiger partial charge < -0.3 is 5.32 Å². The highest BCUT2D eigenvalue weighted by Crippen LogP contribution is 2.29. The van der Waals surface area contributed by atoms with Crippen LogP contribution in [0.4, 0.5) is 13.2 Å². The van der Waals surface area contributed by atoms with E-state index >= 15 is 0 Å². The van der Waals surface area contributed by atoms with E-state index in [1.807, 2.05) is 0 Å². The molecule has 3 nitrogen and oxygen atoms in total. The van der Waals surface area contributed by atoms with Crippen molar-refractivity contribution in [2.75, 3.05) is 12.3 Å². The van der Waals surface area contributed by atoms with Crippen molar-refractivity contribution in [2.24, 2.45) is 0 Å². The summed E-state index contributed by atoms with van der Waals surface area (Å²) in [6, 6.07) is 1.73. The van der Waals surface area contributed by atoms with Crippen LogP contribution in [-0.4, -0.2) is 27.8 Å². The molecule has 16 heavy (non-hydrogen) atoms. The van der Waals surface area contributed by atoms with Crippen LogP contribution in [0.1, 0.15) is 11.5 Å². The number of aromatic nitrogens is 2. The highest BCUT2D eigenvalue weighted by Gasteiger charge is 2.27. The van der Waals surface area contributed by atoms with Gasteiger partial charge in [0, 0.05) is 25.0 Å². The average molecular weight is 251 g/mol. The van der Waals surface area contributed by atoms with E-state index in [1.165, 1.54) is 0 Å². The van der Waals surface area contributed by atoms with Gasteiger partial charge in [-0.1, -0.05) is 0 Å². The summed E-state index contributed by atoms with van der Waals surface area (Å²) in [5.74, 6) is 0.664. The van der Waals surface area contributed by atoms with Gasteiger partial charge in [-0.2, -0.15) is 13.2 Å². The number of nitrogens with one attached hydrogen (secondary N) is 1. The van der Waals surface area contributed by atoms with Crippen LogP contribution < -0.4 is 5.32 Å². The molecule has 90 valence electrons. The molecular weight excluding hydrogens is 239 g/mol. The molecule has 0 aliphatic rings. The van der Waals surface area contributed by atoms with Gasteiger partial charge >= 0.3 is 5.51 Å². The van der Waals surface area contributed by atoms with Crippen molar-refractivity contribution in [1.29, 1.82) is 0 Å². The van der Waals surface area contributed by atoms with Crippen LogP contribution in [0.2, 0.25) is 0 Å². The minimum atomic E-state index is -4.15. The molecule has 0 aromatic carbocycles. The fourth-order valence-electron chi connectivity index (χ4n) is 1.06. The molecule has 0 radical (unpaired) electrons. The van der Waals surface area contributed by atoms with Crippen LogP contribution in [-0.2, 0) is 6.54 Å². The minimum absolute atomic E-state index is 0.00751. The SMILES string of the molecule is Cc1nccc(CNCCSC(F)(F)F)n1. The van der Waals surface area contributed by atoms with Gasteiger partial charge in [0.25, 0.3) is 0 Å². The fourth-order valence-corrected chi connectivity index (χ4v) is 1.54. The van der Waals surface area contributed by atoms with E-state index in [0.29, 0.717) is 18.9 Å². The lowest BCUT2D eigenvalue weighted by Crippen LogP contribution is -2.19. The Morgan fingerprint density at radius 3 is 2.81 bits per heavy atom. The van der Waals surface area contributed by atoms with E-state index in [-0.39, 0.29) is 17.5 Å². The molecule has 1 aromatic rings. The third-order valence-electron chi connectivity index (χ3n) is 1.68. The van der Waals surface area contributed by atoms with Crippen molar-refractivity contribution in [3.8, 4) is 0 Å². The van der Waals surface area contributed by atoms with Gasteiger partial charge in [0.1, 0.15) is 5.82 Å². The summed E-state index contributed by atoms with van der Waals surface area (Å²) in [4.78, 5) is 8.04. The van der Waals surface area contributed by atoms with Crippen LogP contribution in [0, 0.1) is 6.92 Å². The van der Waals surface area contributed by atoms with Gasteiger partial charge in [-0.15, -0.1) is 0 Å². The summed E-state index contributed by atoms with van der Waals surface area (Å²) in [6.07, 6.45) is 1.63. The molecule has 0 bridgehead atoms. The second-order valence-corrected chi connectivity index (χ2v) is 4.23. The third kappa shape index (κ3) is 5.92. The van der Waals surface area contributed by atoms with Gasteiger partial charge in [0.05, 0.1) is 5.69 Å². The quantitative estimate of drug-likeness (QED) is 0.813. The number of halogens is 3. The van der Waals surface area contributed by atoms with Crippen molar-refractivity contribution >= 4 is 11.8 Å². The number of aryl methyl sites for hydroxylation is 1. The van der Waals surface area contributed by atoms with Crippen molar-refractivity contribution in [1.82, 2.24) is 15.3 Å². The van der Waals surface area contributed by atoms with Gasteiger partial charge in [-0.3, -0.25) is 0 Å². The lowest BCUT2D eigenvalue weighted by molar-refractivity contribution is -0.0327. The Hall–Kier alpha value is -0.820. The summed E-state index contributed by atoms with van der Waals surface area (Å²) < 4.78 is 35.3. The van der Waals surface area contributed by atoms with Crippen molar-refractivity contribution < 1.29 is 13.2 Å². The second-order valence-electron chi connectivity index (χ2n) is 3.07. The summed E-state index contributed by atoms with van der Waals surface area (Å²) in [6.45, 7) is 2.53. The first-order valence-electron chi connectivity index (χ1n) is 4.67. The second kappa shape index (κ2) is 6.05. The Morgan fingerprint density at radius 2 is 2.19 bits per heavy atom. The van der Waals surface area contributed by atoms with Crippen LogP contribution >= 0.6 is 11.8 Å². The van der Waals surface area contributed by atoms with Gasteiger partial charge in [0.2, 0.25) is 0 Å². The summed E-state index contributed by atoms with van der Waals surface area (Å²) in [5.41, 5.74) is -3.36. The Balaban J connectivity index is 2.17. The molecule has 0 aliphatic carbocycles. The zero-order chi connectivity index (χ0) is 12.0. The summed E-state index contributed by atoms with van der Waals surface area (Å²) >= 11 is -0.0234. The standard InChI is InChI=1S/C9H12F3N3S/c1-7-14-3-2-8(15-7)6-13-4-5-16-9(10,11)12/h2-3,13H,4-6H2,1H3. The molecule has 0 saturated heterocycles. The molecule has 0 amide bonds. The molecule has 1 aromatic heterocycles. The van der Waals surface area contributed by atoms with E-state index in [2.05, 4.69) is 15.3 Å². The number of alkyl halides is 3. The van der Waals surface area contributed by atoms with Crippen LogP contribution in [0.15, 0.2) is 12.3 Å². The van der Waals surface area contributed by atoms with Crippen LogP contribution in [0.25, 0.3) is 0 Å². The van der Waals surface area contributed by atoms with Crippen molar-refractivity contribution in [3.05, 3.63) is 23.8 Å². The number of hydrogen-bond donors (Lipinski definition) is 1. The van der Waals surface area contributed by atoms with Crippen LogP contribution in [0.5, 0.6) is 0 Å². The lowest BCUT2D eigenvalue weighted by Gasteiger charge is -2.06. The number of hydrogen-bond acceptors (Lipinski definition) is 4. The Morgan fingerprint density at radius 1 is 1.44 bits per heavy atom. The highest BCUT2D eigenvalue weighted by molar-refractivity contribution is 8.00. The van der Waals surface area contributed by atoms with E-state index in [9.17, 15) is 13.2 Å². The average Bonchev–Trinajstić information content (AvgIpc) is 2.15. The number of thioether (sulfide) groups is 1. The predicted molar refractivity (Wildman–Crippen MR) is 57.0 cm³/mol. The first-order valence-corrected chi connectivity index (χ1v) is 5.66. The van der Waals surface area contributed by atoms with E-state index in [4.69, 9.17) is 0 Å². The molecule has 1 N–H and O–H groups in total.